The molecule has 0 atom stereocenters. The van der Waals surface area contributed by atoms with E-state index in [0.717, 1.165) is 0 Å². The summed E-state index contributed by atoms with van der Waals surface area (Å²) >= 11 is 0. The molecule has 3 aromatic rings. The van der Waals surface area contributed by atoms with Gasteiger partial charge in [-0.25, -0.2) is 9.18 Å². The molecule has 0 fully saturated rings. The van der Waals surface area contributed by atoms with Crippen LogP contribution in [0.2, 0.25) is 0 Å². The van der Waals surface area contributed by atoms with Crippen molar-refractivity contribution in [3.8, 4) is 0 Å². The molecule has 2 aromatic carbocycles. The van der Waals surface area contributed by atoms with E-state index in [1.54, 1.807) is 37.3 Å². The molecule has 0 aliphatic rings. The fourth-order valence-electron chi connectivity index (χ4n) is 2.53. The van der Waals surface area contributed by atoms with E-state index in [1.807, 2.05) is 0 Å². The topological polar surface area (TPSA) is 68.3 Å². The molecule has 126 valence electrons. The Labute approximate surface area is 143 Å². The second kappa shape index (κ2) is 6.68. The van der Waals surface area contributed by atoms with Gasteiger partial charge in [-0.15, -0.1) is 0 Å². The maximum absolute atomic E-state index is 13.4. The van der Waals surface area contributed by atoms with E-state index < -0.39 is 11.8 Å². The van der Waals surface area contributed by atoms with Gasteiger partial charge in [0.2, 0.25) is 0 Å². The van der Waals surface area contributed by atoms with E-state index in [4.69, 9.17) is 0 Å². The molecule has 0 saturated heterocycles. The van der Waals surface area contributed by atoms with Crippen LogP contribution in [0, 0.1) is 12.7 Å². The van der Waals surface area contributed by atoms with Crippen LogP contribution in [0.25, 0.3) is 10.9 Å². The first-order valence-electron chi connectivity index (χ1n) is 7.54. The number of pyridine rings is 1. The van der Waals surface area contributed by atoms with Gasteiger partial charge in [0, 0.05) is 22.8 Å². The Morgan fingerprint density at radius 3 is 2.48 bits per heavy atom. The first-order valence-corrected chi connectivity index (χ1v) is 7.54. The third-order valence-corrected chi connectivity index (χ3v) is 3.71. The summed E-state index contributed by atoms with van der Waals surface area (Å²) < 4.78 is 18.0. The lowest BCUT2D eigenvalue weighted by Gasteiger charge is -2.09. The zero-order valence-corrected chi connectivity index (χ0v) is 13.7. The predicted octanol–water partition coefficient (Wildman–Crippen LogP) is 3.72. The van der Waals surface area contributed by atoms with Crippen LogP contribution in [0.1, 0.15) is 26.4 Å². The fourth-order valence-corrected chi connectivity index (χ4v) is 2.53. The number of hydrogen-bond acceptors (Lipinski definition) is 4. The number of methoxy groups -OCH3 is 1. The minimum atomic E-state index is -0.448. The molecule has 1 aromatic heterocycles. The lowest BCUT2D eigenvalue weighted by Crippen LogP contribution is -2.13. The molecule has 5 nitrogen and oxygen atoms in total. The van der Waals surface area contributed by atoms with Crippen LogP contribution in [-0.4, -0.2) is 24.0 Å². The molecule has 25 heavy (non-hydrogen) atoms. The van der Waals surface area contributed by atoms with Crippen molar-refractivity contribution in [2.75, 3.05) is 12.4 Å². The van der Waals surface area contributed by atoms with Crippen molar-refractivity contribution in [3.05, 3.63) is 71.2 Å². The van der Waals surface area contributed by atoms with Crippen LogP contribution in [0.15, 0.2) is 48.5 Å². The molecule has 0 saturated carbocycles. The Balaban J connectivity index is 1.91. The zero-order valence-electron chi connectivity index (χ0n) is 13.7. The van der Waals surface area contributed by atoms with Crippen molar-refractivity contribution in [1.29, 1.82) is 0 Å². The van der Waals surface area contributed by atoms with Crippen LogP contribution >= 0.6 is 0 Å². The predicted molar refractivity (Wildman–Crippen MR) is 92.2 cm³/mol. The lowest BCUT2D eigenvalue weighted by molar-refractivity contribution is 0.0600. The standard InChI is InChI=1S/C19H15FN2O3/c1-11-9-16(15-8-5-13(20)10-17(15)21-11)18(23)22-14-6-3-12(4-7-14)19(24)25-2/h3-10H,1-2H3,(H,22,23). The number of nitrogens with one attached hydrogen (secondary N) is 1. The zero-order chi connectivity index (χ0) is 18.0. The van der Waals surface area contributed by atoms with E-state index in [0.29, 0.717) is 33.4 Å². The SMILES string of the molecule is COC(=O)c1ccc(NC(=O)c2cc(C)nc3cc(F)ccc23)cc1. The molecule has 0 bridgehead atoms. The number of esters is 1. The van der Waals surface area contributed by atoms with Crippen LogP contribution < -0.4 is 5.32 Å². The van der Waals surface area contributed by atoms with E-state index in [9.17, 15) is 14.0 Å². The van der Waals surface area contributed by atoms with Crippen LogP contribution in [0.3, 0.4) is 0 Å². The third-order valence-electron chi connectivity index (χ3n) is 3.71. The summed E-state index contributed by atoms with van der Waals surface area (Å²) in [6.07, 6.45) is 0. The second-order valence-corrected chi connectivity index (χ2v) is 5.50. The van der Waals surface area contributed by atoms with Gasteiger partial charge in [-0.3, -0.25) is 9.78 Å². The van der Waals surface area contributed by atoms with E-state index >= 15 is 0 Å². The number of benzene rings is 2. The number of fused-ring (bicyclic) bond motifs is 1. The maximum atomic E-state index is 13.4. The monoisotopic (exact) mass is 338 g/mol. The van der Waals surface area contributed by atoms with Crippen molar-refractivity contribution in [3.63, 3.8) is 0 Å². The molecule has 1 N–H and O–H groups in total. The fraction of sp³-hybridized carbons (Fsp3) is 0.105. The van der Waals surface area contributed by atoms with Crippen molar-refractivity contribution in [2.45, 2.75) is 6.92 Å². The number of rotatable bonds is 3. The van der Waals surface area contributed by atoms with Crippen molar-refractivity contribution >= 4 is 28.5 Å². The Morgan fingerprint density at radius 1 is 1.08 bits per heavy atom. The van der Waals surface area contributed by atoms with Gasteiger partial charge in [0.05, 0.1) is 23.8 Å². The first kappa shape index (κ1) is 16.6. The van der Waals surface area contributed by atoms with E-state index in [1.165, 1.54) is 25.3 Å². The van der Waals surface area contributed by atoms with Crippen molar-refractivity contribution < 1.29 is 18.7 Å². The number of aromatic nitrogens is 1. The quantitative estimate of drug-likeness (QED) is 0.739. The number of aryl methyl sites for hydroxylation is 1. The molecular formula is C19H15FN2O3. The number of hydrogen-bond donors (Lipinski definition) is 1. The van der Waals surface area contributed by atoms with Crippen LogP contribution in [0.5, 0.6) is 0 Å². The Hall–Kier alpha value is -3.28. The molecule has 1 heterocycles. The van der Waals surface area contributed by atoms with Gasteiger partial charge in [-0.2, -0.15) is 0 Å². The van der Waals surface area contributed by atoms with Gasteiger partial charge < -0.3 is 10.1 Å². The summed E-state index contributed by atoms with van der Waals surface area (Å²) in [6, 6.07) is 12.1. The van der Waals surface area contributed by atoms with Crippen molar-refractivity contribution in [1.82, 2.24) is 4.98 Å². The second-order valence-electron chi connectivity index (χ2n) is 5.50. The molecular weight excluding hydrogens is 323 g/mol. The number of nitrogens with zero attached hydrogens (tertiary/aromatic N) is 1. The Bertz CT molecular complexity index is 963. The molecule has 6 heteroatoms. The van der Waals surface area contributed by atoms with E-state index in [-0.39, 0.29) is 5.91 Å². The summed E-state index contributed by atoms with van der Waals surface area (Å²) in [5, 5.41) is 3.33. The molecule has 0 unspecified atom stereocenters. The van der Waals surface area contributed by atoms with Gasteiger partial charge in [0.25, 0.3) is 5.91 Å². The highest BCUT2D eigenvalue weighted by Crippen LogP contribution is 2.21. The molecule has 0 radical (unpaired) electrons. The molecule has 0 aliphatic heterocycles. The Morgan fingerprint density at radius 2 is 1.80 bits per heavy atom. The average molecular weight is 338 g/mol. The van der Waals surface area contributed by atoms with Crippen LogP contribution in [0.4, 0.5) is 10.1 Å². The molecule has 1 amide bonds. The average Bonchev–Trinajstić information content (AvgIpc) is 2.60. The van der Waals surface area contributed by atoms with Crippen LogP contribution in [-0.2, 0) is 4.74 Å². The van der Waals surface area contributed by atoms with Gasteiger partial charge in [-0.05, 0) is 49.4 Å². The highest BCUT2D eigenvalue weighted by atomic mass is 19.1. The largest absolute Gasteiger partial charge is 0.465 e. The first-order chi connectivity index (χ1) is 12.0. The third kappa shape index (κ3) is 3.47. The summed E-state index contributed by atoms with van der Waals surface area (Å²) in [7, 11) is 1.30. The maximum Gasteiger partial charge on any atom is 0.337 e. The molecule has 0 spiro atoms. The number of carbonyl (C=O) groups excluding carboxylic acids is 2. The van der Waals surface area contributed by atoms with Gasteiger partial charge in [-0.1, -0.05) is 0 Å². The number of halogens is 1. The number of amides is 1. The van der Waals surface area contributed by atoms with Crippen molar-refractivity contribution in [2.24, 2.45) is 0 Å². The summed E-state index contributed by atoms with van der Waals surface area (Å²) in [4.78, 5) is 28.3. The smallest absolute Gasteiger partial charge is 0.337 e. The number of anilines is 1. The van der Waals surface area contributed by atoms with E-state index in [2.05, 4.69) is 15.0 Å². The summed E-state index contributed by atoms with van der Waals surface area (Å²) in [5.74, 6) is -1.20. The minimum absolute atomic E-state index is 0.340. The summed E-state index contributed by atoms with van der Waals surface area (Å²) in [6.45, 7) is 1.74. The number of carbonyl (C=O) groups is 2. The minimum Gasteiger partial charge on any atom is -0.465 e. The lowest BCUT2D eigenvalue weighted by atomic mass is 10.1. The Kier molecular flexibility index (Phi) is 4.43. The number of ether oxygens (including phenoxy) is 1. The molecule has 3 rings (SSSR count). The normalized spacial score (nSPS) is 10.5. The summed E-state index contributed by atoms with van der Waals surface area (Å²) in [5.41, 5.74) is 2.36. The highest BCUT2D eigenvalue weighted by Gasteiger charge is 2.13. The van der Waals surface area contributed by atoms with Gasteiger partial charge in [0.15, 0.2) is 0 Å². The highest BCUT2D eigenvalue weighted by molar-refractivity contribution is 6.12. The molecule has 0 aliphatic carbocycles. The van der Waals surface area contributed by atoms with Gasteiger partial charge in [0.1, 0.15) is 5.82 Å². The van der Waals surface area contributed by atoms with Gasteiger partial charge >= 0.3 is 5.97 Å².